The Morgan fingerprint density at radius 2 is 2.24 bits per heavy atom. The molecule has 6 nitrogen and oxygen atoms in total. The minimum atomic E-state index is -1.39. The van der Waals surface area contributed by atoms with E-state index in [-0.39, 0.29) is 11.0 Å². The zero-order valence-corrected chi connectivity index (χ0v) is 11.5. The maximum atomic E-state index is 13.2. The van der Waals surface area contributed by atoms with Crippen molar-refractivity contribution in [3.8, 4) is 0 Å². The molecular weight excluding hydrogens is 279 g/mol. The van der Waals surface area contributed by atoms with Gasteiger partial charge in [0.25, 0.3) is 0 Å². The predicted molar refractivity (Wildman–Crippen MR) is 73.9 cm³/mol. The molecule has 0 amide bonds. The van der Waals surface area contributed by atoms with Crippen LogP contribution in [-0.4, -0.2) is 27.4 Å². The maximum absolute atomic E-state index is 13.2. The van der Waals surface area contributed by atoms with Crippen LogP contribution in [0.15, 0.2) is 23.3 Å². The summed E-state index contributed by atoms with van der Waals surface area (Å²) >= 11 is 0. The molecule has 112 valence electrons. The van der Waals surface area contributed by atoms with Gasteiger partial charge in [-0.15, -0.1) is 0 Å². The Morgan fingerprint density at radius 1 is 1.48 bits per heavy atom. The molecule has 0 aliphatic heterocycles. The topological polar surface area (TPSA) is 81.4 Å². The second-order valence-corrected chi connectivity index (χ2v) is 4.57. The normalized spacial score (nSPS) is 10.8. The molecule has 1 N–H and O–H groups in total. The maximum Gasteiger partial charge on any atom is 0.341 e. The number of unbranched alkanes of at least 4 members (excludes halogenated alkanes) is 2. The van der Waals surface area contributed by atoms with Gasteiger partial charge in [-0.25, -0.2) is 14.2 Å². The van der Waals surface area contributed by atoms with Crippen LogP contribution in [0.4, 0.5) is 4.39 Å². The van der Waals surface area contributed by atoms with E-state index in [1.807, 2.05) is 6.92 Å². The Kier molecular flexibility index (Phi) is 4.52. The largest absolute Gasteiger partial charge is 0.477 e. The molecule has 0 aromatic carbocycles. The molecule has 0 fully saturated rings. The van der Waals surface area contributed by atoms with E-state index >= 15 is 0 Å². The van der Waals surface area contributed by atoms with Crippen LogP contribution in [0.1, 0.15) is 36.5 Å². The van der Waals surface area contributed by atoms with E-state index < -0.39 is 22.8 Å². The molecule has 2 heterocycles. The fourth-order valence-corrected chi connectivity index (χ4v) is 1.92. The average molecular weight is 294 g/mol. The van der Waals surface area contributed by atoms with Gasteiger partial charge >= 0.3 is 5.97 Å². The first-order valence-electron chi connectivity index (χ1n) is 6.62. The highest BCUT2D eigenvalue weighted by Gasteiger charge is 2.16. The Balaban J connectivity index is 2.50. The fourth-order valence-electron chi connectivity index (χ4n) is 1.92. The summed E-state index contributed by atoms with van der Waals surface area (Å²) in [6.07, 6.45) is 4.79. The number of pyridine rings is 2. The number of hydrogen-bond donors (Lipinski definition) is 1. The lowest BCUT2D eigenvalue weighted by Crippen LogP contribution is -2.23. The number of rotatable bonds is 6. The lowest BCUT2D eigenvalue weighted by Gasteiger charge is -2.12. The zero-order valence-electron chi connectivity index (χ0n) is 11.5. The Hall–Kier alpha value is -2.44. The molecule has 2 aromatic rings. The molecule has 2 aromatic heterocycles. The number of aromatic nitrogens is 2. The minimum Gasteiger partial charge on any atom is -0.477 e. The van der Waals surface area contributed by atoms with Crippen molar-refractivity contribution >= 4 is 17.0 Å². The molecule has 0 aliphatic rings. The van der Waals surface area contributed by atoms with Gasteiger partial charge in [-0.1, -0.05) is 19.8 Å². The monoisotopic (exact) mass is 294 g/mol. The molecule has 21 heavy (non-hydrogen) atoms. The summed E-state index contributed by atoms with van der Waals surface area (Å²) < 4.78 is 14.4. The van der Waals surface area contributed by atoms with Crippen molar-refractivity contribution in [2.24, 2.45) is 0 Å². The molecule has 0 atom stereocenters. The van der Waals surface area contributed by atoms with Gasteiger partial charge in [0.15, 0.2) is 5.65 Å². The Morgan fingerprint density at radius 3 is 2.90 bits per heavy atom. The van der Waals surface area contributed by atoms with Gasteiger partial charge in [-0.05, 0) is 12.5 Å². The fraction of sp³-hybridized carbons (Fsp3) is 0.357. The van der Waals surface area contributed by atoms with E-state index in [1.165, 1.54) is 0 Å². The van der Waals surface area contributed by atoms with Crippen LogP contribution in [-0.2, 0) is 0 Å². The second kappa shape index (κ2) is 6.34. The van der Waals surface area contributed by atoms with Crippen molar-refractivity contribution in [2.45, 2.75) is 26.2 Å². The molecular formula is C14H15FN2O4. The zero-order chi connectivity index (χ0) is 15.4. The highest BCUT2D eigenvalue weighted by molar-refractivity contribution is 5.91. The van der Waals surface area contributed by atoms with Crippen LogP contribution < -0.4 is 10.3 Å². The first-order chi connectivity index (χ1) is 10.0. The van der Waals surface area contributed by atoms with Crippen LogP contribution >= 0.6 is 0 Å². The highest BCUT2D eigenvalue weighted by atomic mass is 19.1. The van der Waals surface area contributed by atoms with Crippen LogP contribution in [0.25, 0.3) is 11.0 Å². The summed E-state index contributed by atoms with van der Waals surface area (Å²) in [5, 5.41) is 8.93. The van der Waals surface area contributed by atoms with Crippen molar-refractivity contribution in [3.05, 3.63) is 40.1 Å². The molecule has 0 saturated heterocycles. The summed E-state index contributed by atoms with van der Waals surface area (Å²) in [5.74, 6) is -2.10. The molecule has 0 bridgehead atoms. The van der Waals surface area contributed by atoms with Crippen LogP contribution in [0, 0.1) is 5.82 Å². The van der Waals surface area contributed by atoms with Gasteiger partial charge in [0.05, 0.1) is 17.8 Å². The number of carboxylic acids is 1. The van der Waals surface area contributed by atoms with Gasteiger partial charge in [0, 0.05) is 0 Å². The van der Waals surface area contributed by atoms with Gasteiger partial charge in [0.2, 0.25) is 5.43 Å². The third-order valence-electron chi connectivity index (χ3n) is 2.99. The number of fused-ring (bicyclic) bond motifs is 1. The SMILES string of the molecule is CCCCCOn1cc(C(=O)O)c(=O)c2cc(F)cnc21. The molecule has 0 unspecified atom stereocenters. The average Bonchev–Trinajstić information content (AvgIpc) is 2.45. The Labute approximate surface area is 119 Å². The predicted octanol–water partition coefficient (Wildman–Crippen LogP) is 1.85. The molecule has 7 heteroatoms. The minimum absolute atomic E-state index is 0.0999. The molecule has 0 spiro atoms. The summed E-state index contributed by atoms with van der Waals surface area (Å²) in [6.45, 7) is 2.39. The number of hydrogen-bond acceptors (Lipinski definition) is 4. The molecule has 0 radical (unpaired) electrons. The number of halogens is 1. The van der Waals surface area contributed by atoms with Crippen molar-refractivity contribution < 1.29 is 19.1 Å². The molecule has 2 rings (SSSR count). The lowest BCUT2D eigenvalue weighted by atomic mass is 10.2. The summed E-state index contributed by atoms with van der Waals surface area (Å²) in [5.41, 5.74) is -1.16. The summed E-state index contributed by atoms with van der Waals surface area (Å²) in [4.78, 5) is 32.3. The van der Waals surface area contributed by atoms with E-state index in [1.54, 1.807) is 0 Å². The van der Waals surface area contributed by atoms with E-state index in [0.717, 1.165) is 42.5 Å². The van der Waals surface area contributed by atoms with Gasteiger partial charge in [-0.2, -0.15) is 4.73 Å². The third-order valence-corrected chi connectivity index (χ3v) is 2.99. The van der Waals surface area contributed by atoms with Crippen LogP contribution in [0.5, 0.6) is 0 Å². The number of carboxylic acid groups (broad SMARTS) is 1. The lowest BCUT2D eigenvalue weighted by molar-refractivity contribution is 0.0685. The van der Waals surface area contributed by atoms with Crippen molar-refractivity contribution in [1.82, 2.24) is 9.71 Å². The van der Waals surface area contributed by atoms with Crippen molar-refractivity contribution in [3.63, 3.8) is 0 Å². The quantitative estimate of drug-likeness (QED) is 0.822. The van der Waals surface area contributed by atoms with Crippen molar-refractivity contribution in [2.75, 3.05) is 6.61 Å². The molecule has 0 saturated carbocycles. The highest BCUT2D eigenvalue weighted by Crippen LogP contribution is 2.10. The van der Waals surface area contributed by atoms with Gasteiger partial charge in [0.1, 0.15) is 18.0 Å². The first kappa shape index (κ1) is 15.0. The van der Waals surface area contributed by atoms with E-state index in [2.05, 4.69) is 4.98 Å². The molecule has 0 aliphatic carbocycles. The van der Waals surface area contributed by atoms with Crippen molar-refractivity contribution in [1.29, 1.82) is 0 Å². The Bertz CT molecular complexity index is 727. The number of aromatic carboxylic acids is 1. The van der Waals surface area contributed by atoms with Gasteiger partial charge < -0.3 is 9.94 Å². The summed E-state index contributed by atoms with van der Waals surface area (Å²) in [6, 6.07) is 0.961. The second-order valence-electron chi connectivity index (χ2n) is 4.57. The number of carbonyl (C=O) groups is 1. The third kappa shape index (κ3) is 3.18. The van der Waals surface area contributed by atoms with Crippen LogP contribution in [0.3, 0.4) is 0 Å². The smallest absolute Gasteiger partial charge is 0.341 e. The summed E-state index contributed by atoms with van der Waals surface area (Å²) in [7, 11) is 0. The standard InChI is InChI=1S/C14H15FN2O4/c1-2-3-4-5-21-17-8-11(14(19)20)12(18)10-6-9(15)7-16-13(10)17/h6-8H,2-5H2,1H3,(H,19,20). The van der Waals surface area contributed by atoms with E-state index in [9.17, 15) is 14.0 Å². The number of nitrogens with zero attached hydrogens (tertiary/aromatic N) is 2. The van der Waals surface area contributed by atoms with E-state index in [0.29, 0.717) is 6.61 Å². The van der Waals surface area contributed by atoms with E-state index in [4.69, 9.17) is 9.94 Å². The van der Waals surface area contributed by atoms with Crippen LogP contribution in [0.2, 0.25) is 0 Å². The van der Waals surface area contributed by atoms with Gasteiger partial charge in [-0.3, -0.25) is 4.79 Å². The first-order valence-corrected chi connectivity index (χ1v) is 6.62.